The van der Waals surface area contributed by atoms with Gasteiger partial charge in [-0.3, -0.25) is 0 Å². The first-order valence-corrected chi connectivity index (χ1v) is 5.73. The van der Waals surface area contributed by atoms with Gasteiger partial charge in [-0.15, -0.1) is 0 Å². The molecule has 0 saturated carbocycles. The van der Waals surface area contributed by atoms with Crippen molar-refractivity contribution in [3.8, 4) is 0 Å². The number of fused-ring (bicyclic) bond motifs is 1. The van der Waals surface area contributed by atoms with Gasteiger partial charge < -0.3 is 15.5 Å². The molecule has 0 aliphatic heterocycles. The minimum atomic E-state index is -0.577. The van der Waals surface area contributed by atoms with Crippen LogP contribution in [0.2, 0.25) is 0 Å². The van der Waals surface area contributed by atoms with Gasteiger partial charge in [0.2, 0.25) is 0 Å². The fourth-order valence-corrected chi connectivity index (χ4v) is 2.30. The van der Waals surface area contributed by atoms with E-state index in [1.54, 1.807) is 0 Å². The molecule has 1 aromatic rings. The molecule has 1 aliphatic carbocycles. The first-order valence-electron chi connectivity index (χ1n) is 5.73. The van der Waals surface area contributed by atoms with Gasteiger partial charge in [0, 0.05) is 6.04 Å². The lowest BCUT2D eigenvalue weighted by Gasteiger charge is -2.30. The van der Waals surface area contributed by atoms with Crippen molar-refractivity contribution >= 4 is 0 Å². The van der Waals surface area contributed by atoms with E-state index >= 15 is 0 Å². The highest BCUT2D eigenvalue weighted by atomic mass is 16.3. The van der Waals surface area contributed by atoms with Crippen molar-refractivity contribution < 1.29 is 10.2 Å². The zero-order valence-electron chi connectivity index (χ0n) is 9.61. The van der Waals surface area contributed by atoms with Crippen LogP contribution in [0.5, 0.6) is 0 Å². The molecule has 88 valence electrons. The van der Waals surface area contributed by atoms with Crippen LogP contribution in [0.1, 0.15) is 18.1 Å². The van der Waals surface area contributed by atoms with Crippen molar-refractivity contribution in [1.82, 2.24) is 5.32 Å². The first kappa shape index (κ1) is 11.6. The molecule has 0 atom stereocenters. The molecule has 0 aromatic heterocycles. The normalized spacial score (nSPS) is 16.4. The Labute approximate surface area is 96.1 Å². The van der Waals surface area contributed by atoms with E-state index in [1.165, 1.54) is 11.1 Å². The summed E-state index contributed by atoms with van der Waals surface area (Å²) in [6.45, 7) is 1.75. The van der Waals surface area contributed by atoms with Crippen LogP contribution in [-0.2, 0) is 12.8 Å². The molecular formula is C13H19NO2. The predicted octanol–water partition coefficient (Wildman–Crippen LogP) is 0.487. The molecule has 0 fully saturated rings. The molecule has 3 N–H and O–H groups in total. The fourth-order valence-electron chi connectivity index (χ4n) is 2.30. The van der Waals surface area contributed by atoms with Gasteiger partial charge in [0.1, 0.15) is 0 Å². The Morgan fingerprint density at radius 2 is 1.69 bits per heavy atom. The van der Waals surface area contributed by atoms with Crippen LogP contribution >= 0.6 is 0 Å². The minimum absolute atomic E-state index is 0.0453. The zero-order chi connectivity index (χ0) is 11.6. The maximum Gasteiger partial charge on any atom is 0.0633 e. The Hall–Kier alpha value is -0.900. The fraction of sp³-hybridized carbons (Fsp3) is 0.538. The lowest BCUT2D eigenvalue weighted by Crippen LogP contribution is -2.53. The van der Waals surface area contributed by atoms with Gasteiger partial charge in [0.25, 0.3) is 0 Å². The van der Waals surface area contributed by atoms with Crippen molar-refractivity contribution in [2.45, 2.75) is 31.3 Å². The van der Waals surface area contributed by atoms with E-state index in [0.717, 1.165) is 12.8 Å². The third-order valence-electron chi connectivity index (χ3n) is 3.30. The summed E-state index contributed by atoms with van der Waals surface area (Å²) in [4.78, 5) is 0. The highest BCUT2D eigenvalue weighted by molar-refractivity contribution is 5.33. The Balaban J connectivity index is 2.02. The molecule has 0 radical (unpaired) electrons. The van der Waals surface area contributed by atoms with Crippen molar-refractivity contribution in [3.63, 3.8) is 0 Å². The number of hydrogen-bond donors (Lipinski definition) is 3. The van der Waals surface area contributed by atoms with Gasteiger partial charge in [-0.1, -0.05) is 24.3 Å². The third-order valence-corrected chi connectivity index (χ3v) is 3.30. The minimum Gasteiger partial charge on any atom is -0.394 e. The molecule has 3 nitrogen and oxygen atoms in total. The smallest absolute Gasteiger partial charge is 0.0633 e. The quantitative estimate of drug-likeness (QED) is 0.693. The van der Waals surface area contributed by atoms with Crippen LogP contribution in [0.4, 0.5) is 0 Å². The summed E-state index contributed by atoms with van der Waals surface area (Å²) in [7, 11) is 0. The highest BCUT2D eigenvalue weighted by Crippen LogP contribution is 2.23. The lowest BCUT2D eigenvalue weighted by atomic mass is 10.0. The van der Waals surface area contributed by atoms with Crippen molar-refractivity contribution in [2.24, 2.45) is 0 Å². The number of nitrogens with one attached hydrogen (secondary N) is 1. The molecule has 0 amide bonds. The molecule has 2 rings (SSSR count). The maximum atomic E-state index is 9.24. The lowest BCUT2D eigenvalue weighted by molar-refractivity contribution is 0.0948. The van der Waals surface area contributed by atoms with Crippen molar-refractivity contribution in [3.05, 3.63) is 35.4 Å². The Morgan fingerprint density at radius 1 is 1.19 bits per heavy atom. The molecule has 0 bridgehead atoms. The monoisotopic (exact) mass is 221 g/mol. The van der Waals surface area contributed by atoms with E-state index in [9.17, 15) is 10.2 Å². The van der Waals surface area contributed by atoms with Crippen molar-refractivity contribution in [2.75, 3.05) is 13.2 Å². The maximum absolute atomic E-state index is 9.24. The van der Waals surface area contributed by atoms with Crippen LogP contribution in [0.15, 0.2) is 24.3 Å². The standard InChI is InChI=1S/C13H19NO2/c1-13(8-15,9-16)14-12-6-10-4-2-3-5-11(10)7-12/h2-5,12,14-16H,6-9H2,1H3. The molecule has 1 aromatic carbocycles. The summed E-state index contributed by atoms with van der Waals surface area (Å²) in [5, 5.41) is 21.8. The summed E-state index contributed by atoms with van der Waals surface area (Å²) in [6, 6.07) is 8.72. The van der Waals surface area contributed by atoms with Gasteiger partial charge in [0.05, 0.1) is 18.8 Å². The summed E-state index contributed by atoms with van der Waals surface area (Å²) < 4.78 is 0. The van der Waals surface area contributed by atoms with Crippen molar-refractivity contribution in [1.29, 1.82) is 0 Å². The number of rotatable bonds is 4. The molecule has 0 saturated heterocycles. The summed E-state index contributed by atoms with van der Waals surface area (Å²) >= 11 is 0. The van der Waals surface area contributed by atoms with E-state index in [2.05, 4.69) is 29.6 Å². The Kier molecular flexibility index (Phi) is 3.28. The molecular weight excluding hydrogens is 202 g/mol. The molecule has 0 spiro atoms. The van der Waals surface area contributed by atoms with Gasteiger partial charge in [-0.05, 0) is 30.9 Å². The second-order valence-electron chi connectivity index (χ2n) is 4.90. The van der Waals surface area contributed by atoms with Gasteiger partial charge in [0.15, 0.2) is 0 Å². The van der Waals surface area contributed by atoms with E-state index in [4.69, 9.17) is 0 Å². The van der Waals surface area contributed by atoms with Gasteiger partial charge in [-0.2, -0.15) is 0 Å². The van der Waals surface area contributed by atoms with E-state index < -0.39 is 5.54 Å². The van der Waals surface area contributed by atoms with Crippen LogP contribution in [0, 0.1) is 0 Å². The van der Waals surface area contributed by atoms with E-state index in [-0.39, 0.29) is 13.2 Å². The predicted molar refractivity (Wildman–Crippen MR) is 63.4 cm³/mol. The number of aliphatic hydroxyl groups is 2. The highest BCUT2D eigenvalue weighted by Gasteiger charge is 2.29. The largest absolute Gasteiger partial charge is 0.394 e. The van der Waals surface area contributed by atoms with E-state index in [1.807, 2.05) is 6.92 Å². The SMILES string of the molecule is CC(CO)(CO)NC1Cc2ccccc2C1. The summed E-state index contributed by atoms with van der Waals surface area (Å²) in [5.41, 5.74) is 2.17. The molecule has 0 unspecified atom stereocenters. The molecule has 16 heavy (non-hydrogen) atoms. The number of benzene rings is 1. The zero-order valence-corrected chi connectivity index (χ0v) is 9.61. The average molecular weight is 221 g/mol. The average Bonchev–Trinajstić information content (AvgIpc) is 2.70. The molecule has 0 heterocycles. The van der Waals surface area contributed by atoms with Gasteiger partial charge in [-0.25, -0.2) is 0 Å². The number of hydrogen-bond acceptors (Lipinski definition) is 3. The second-order valence-corrected chi connectivity index (χ2v) is 4.90. The second kappa shape index (κ2) is 4.53. The topological polar surface area (TPSA) is 52.5 Å². The van der Waals surface area contributed by atoms with Gasteiger partial charge >= 0.3 is 0 Å². The van der Waals surface area contributed by atoms with Crippen LogP contribution in [-0.4, -0.2) is 35.0 Å². The molecule has 3 heteroatoms. The number of aliphatic hydroxyl groups excluding tert-OH is 2. The molecule has 1 aliphatic rings. The Bertz CT molecular complexity index is 336. The third kappa shape index (κ3) is 2.26. The van der Waals surface area contributed by atoms with Crippen LogP contribution < -0.4 is 5.32 Å². The summed E-state index contributed by atoms with van der Waals surface area (Å²) in [6.07, 6.45) is 1.96. The van der Waals surface area contributed by atoms with E-state index in [0.29, 0.717) is 6.04 Å². The summed E-state index contributed by atoms with van der Waals surface area (Å²) in [5.74, 6) is 0. The van der Waals surface area contributed by atoms with Crippen LogP contribution in [0.3, 0.4) is 0 Å². The first-order chi connectivity index (χ1) is 7.67. The van der Waals surface area contributed by atoms with Crippen LogP contribution in [0.25, 0.3) is 0 Å². The Morgan fingerprint density at radius 3 is 2.12 bits per heavy atom.